The number of likely N-dealkylation sites (tertiary alicyclic amines) is 1. The van der Waals surface area contributed by atoms with Crippen LogP contribution < -0.4 is 0 Å². The summed E-state index contributed by atoms with van der Waals surface area (Å²) in [5.41, 5.74) is 0. The van der Waals surface area contributed by atoms with E-state index in [4.69, 9.17) is 0 Å². The van der Waals surface area contributed by atoms with Gasteiger partial charge in [-0.05, 0) is 49.8 Å². The van der Waals surface area contributed by atoms with Crippen molar-refractivity contribution in [3.63, 3.8) is 0 Å². The molecule has 0 amide bonds. The van der Waals surface area contributed by atoms with Crippen molar-refractivity contribution in [3.8, 4) is 6.07 Å². The third-order valence-corrected chi connectivity index (χ3v) is 4.77. The molecule has 0 N–H and O–H groups in total. The smallest absolute Gasteiger partial charge is 0.101 e. The third kappa shape index (κ3) is 2.89. The van der Waals surface area contributed by atoms with Crippen molar-refractivity contribution < 1.29 is 0 Å². The Morgan fingerprint density at radius 1 is 1.20 bits per heavy atom. The first-order valence-electron chi connectivity index (χ1n) is 6.13. The monoisotopic (exact) mass is 224 g/mol. The minimum Gasteiger partial charge on any atom is -0.288 e. The Kier molecular flexibility index (Phi) is 4.34. The third-order valence-electron chi connectivity index (χ3n) is 3.58. The molecule has 2 aliphatic heterocycles. The van der Waals surface area contributed by atoms with E-state index < -0.39 is 0 Å². The second-order valence-corrected chi connectivity index (χ2v) is 5.80. The second kappa shape index (κ2) is 5.77. The van der Waals surface area contributed by atoms with Gasteiger partial charge >= 0.3 is 0 Å². The highest BCUT2D eigenvalue weighted by Gasteiger charge is 2.30. The average molecular weight is 224 g/mol. The van der Waals surface area contributed by atoms with Gasteiger partial charge in [0.2, 0.25) is 0 Å². The van der Waals surface area contributed by atoms with Crippen LogP contribution in [-0.4, -0.2) is 35.5 Å². The SMILES string of the molecule is N#CC(C1CCSC1)N1CCCCCC1. The van der Waals surface area contributed by atoms with Crippen LogP contribution in [0.15, 0.2) is 0 Å². The van der Waals surface area contributed by atoms with Gasteiger partial charge in [0.05, 0.1) is 6.07 Å². The molecule has 0 bridgehead atoms. The highest BCUT2D eigenvalue weighted by Crippen LogP contribution is 2.29. The van der Waals surface area contributed by atoms with Crippen LogP contribution in [0.2, 0.25) is 0 Å². The molecule has 2 rings (SSSR count). The molecule has 2 fully saturated rings. The predicted molar refractivity (Wildman–Crippen MR) is 64.9 cm³/mol. The van der Waals surface area contributed by atoms with Gasteiger partial charge in [0.15, 0.2) is 0 Å². The van der Waals surface area contributed by atoms with Gasteiger partial charge < -0.3 is 0 Å². The van der Waals surface area contributed by atoms with Gasteiger partial charge in [-0.2, -0.15) is 17.0 Å². The minimum absolute atomic E-state index is 0.207. The molecule has 3 heteroatoms. The van der Waals surface area contributed by atoms with Crippen molar-refractivity contribution in [2.24, 2.45) is 5.92 Å². The molecular formula is C12H20N2S. The molecule has 0 spiro atoms. The zero-order valence-corrected chi connectivity index (χ0v) is 10.1. The highest BCUT2D eigenvalue weighted by atomic mass is 32.2. The van der Waals surface area contributed by atoms with E-state index in [0.717, 1.165) is 13.1 Å². The lowest BCUT2D eigenvalue weighted by atomic mass is 9.98. The van der Waals surface area contributed by atoms with Crippen molar-refractivity contribution >= 4 is 11.8 Å². The molecule has 0 aromatic carbocycles. The largest absolute Gasteiger partial charge is 0.288 e. The Morgan fingerprint density at radius 2 is 1.93 bits per heavy atom. The lowest BCUT2D eigenvalue weighted by molar-refractivity contribution is 0.197. The molecule has 2 atom stereocenters. The normalized spacial score (nSPS) is 30.7. The summed E-state index contributed by atoms with van der Waals surface area (Å²) in [6.45, 7) is 2.30. The maximum Gasteiger partial charge on any atom is 0.101 e. The lowest BCUT2D eigenvalue weighted by Crippen LogP contribution is -2.40. The number of thioether (sulfide) groups is 1. The molecule has 0 aromatic rings. The number of hydrogen-bond donors (Lipinski definition) is 0. The molecule has 2 heterocycles. The molecular weight excluding hydrogens is 204 g/mol. The van der Waals surface area contributed by atoms with E-state index in [2.05, 4.69) is 11.0 Å². The Labute approximate surface area is 97.0 Å². The topological polar surface area (TPSA) is 27.0 Å². The van der Waals surface area contributed by atoms with Crippen LogP contribution in [0.4, 0.5) is 0 Å². The van der Waals surface area contributed by atoms with Gasteiger partial charge in [0, 0.05) is 0 Å². The summed E-state index contributed by atoms with van der Waals surface area (Å²) in [7, 11) is 0. The molecule has 2 nitrogen and oxygen atoms in total. The summed E-state index contributed by atoms with van der Waals surface area (Å²) >= 11 is 2.02. The van der Waals surface area contributed by atoms with Crippen molar-refractivity contribution in [2.45, 2.75) is 38.1 Å². The van der Waals surface area contributed by atoms with E-state index in [9.17, 15) is 5.26 Å². The fraction of sp³-hybridized carbons (Fsp3) is 0.917. The van der Waals surface area contributed by atoms with E-state index in [-0.39, 0.29) is 6.04 Å². The average Bonchev–Trinajstić information content (AvgIpc) is 2.63. The van der Waals surface area contributed by atoms with E-state index in [1.54, 1.807) is 0 Å². The van der Waals surface area contributed by atoms with Crippen molar-refractivity contribution in [1.82, 2.24) is 4.90 Å². The summed E-state index contributed by atoms with van der Waals surface area (Å²) in [6, 6.07) is 2.76. The summed E-state index contributed by atoms with van der Waals surface area (Å²) in [4.78, 5) is 2.45. The molecule has 2 saturated heterocycles. The summed E-state index contributed by atoms with van der Waals surface area (Å²) < 4.78 is 0. The summed E-state index contributed by atoms with van der Waals surface area (Å²) in [5, 5.41) is 9.33. The first-order chi connectivity index (χ1) is 7.42. The zero-order valence-electron chi connectivity index (χ0n) is 9.32. The molecule has 2 unspecified atom stereocenters. The highest BCUT2D eigenvalue weighted by molar-refractivity contribution is 7.99. The van der Waals surface area contributed by atoms with Gasteiger partial charge in [-0.3, -0.25) is 4.90 Å². The van der Waals surface area contributed by atoms with Gasteiger partial charge in [0.1, 0.15) is 6.04 Å². The quantitative estimate of drug-likeness (QED) is 0.721. The van der Waals surface area contributed by atoms with E-state index in [0.29, 0.717) is 5.92 Å². The van der Waals surface area contributed by atoms with Gasteiger partial charge in [0.25, 0.3) is 0 Å². The van der Waals surface area contributed by atoms with E-state index in [1.165, 1.54) is 43.6 Å². The molecule has 15 heavy (non-hydrogen) atoms. The molecule has 0 aromatic heterocycles. The van der Waals surface area contributed by atoms with Crippen LogP contribution in [0.3, 0.4) is 0 Å². The van der Waals surface area contributed by atoms with Crippen molar-refractivity contribution in [3.05, 3.63) is 0 Å². The van der Waals surface area contributed by atoms with Gasteiger partial charge in [-0.1, -0.05) is 12.8 Å². The Morgan fingerprint density at radius 3 is 2.47 bits per heavy atom. The lowest BCUT2D eigenvalue weighted by Gasteiger charge is -2.29. The first kappa shape index (κ1) is 11.3. The van der Waals surface area contributed by atoms with Crippen LogP contribution >= 0.6 is 11.8 Å². The number of nitrogens with zero attached hydrogens (tertiary/aromatic N) is 2. The van der Waals surface area contributed by atoms with Gasteiger partial charge in [-0.15, -0.1) is 0 Å². The number of hydrogen-bond acceptors (Lipinski definition) is 3. The summed E-state index contributed by atoms with van der Waals surface area (Å²) in [5.74, 6) is 3.10. The zero-order chi connectivity index (χ0) is 10.5. The van der Waals surface area contributed by atoms with E-state index in [1.807, 2.05) is 11.8 Å². The molecule has 84 valence electrons. The van der Waals surface area contributed by atoms with E-state index >= 15 is 0 Å². The molecule has 2 aliphatic rings. The Bertz CT molecular complexity index is 222. The maximum atomic E-state index is 9.33. The van der Waals surface area contributed by atoms with Crippen LogP contribution in [0.5, 0.6) is 0 Å². The predicted octanol–water partition coefficient (Wildman–Crippen LogP) is 2.51. The molecule has 0 aliphatic carbocycles. The fourth-order valence-corrected chi connectivity index (χ4v) is 3.95. The first-order valence-corrected chi connectivity index (χ1v) is 7.28. The second-order valence-electron chi connectivity index (χ2n) is 4.65. The molecule has 0 radical (unpaired) electrons. The Hall–Kier alpha value is -0.200. The maximum absolute atomic E-state index is 9.33. The number of nitriles is 1. The fourth-order valence-electron chi connectivity index (χ4n) is 2.66. The number of rotatable bonds is 2. The van der Waals surface area contributed by atoms with Crippen LogP contribution in [-0.2, 0) is 0 Å². The molecule has 0 saturated carbocycles. The van der Waals surface area contributed by atoms with Crippen molar-refractivity contribution in [1.29, 1.82) is 5.26 Å². The van der Waals surface area contributed by atoms with Gasteiger partial charge in [-0.25, -0.2) is 0 Å². The Balaban J connectivity index is 1.94. The standard InChI is InChI=1S/C12H20N2S/c13-9-12(11-5-8-15-10-11)14-6-3-1-2-4-7-14/h11-12H,1-8,10H2. The minimum atomic E-state index is 0.207. The van der Waals surface area contributed by atoms with Crippen molar-refractivity contribution in [2.75, 3.05) is 24.6 Å². The summed E-state index contributed by atoms with van der Waals surface area (Å²) in [6.07, 6.45) is 6.54. The van der Waals surface area contributed by atoms with Crippen LogP contribution in [0.1, 0.15) is 32.1 Å². The van der Waals surface area contributed by atoms with Crippen LogP contribution in [0, 0.1) is 17.2 Å². The van der Waals surface area contributed by atoms with Crippen LogP contribution in [0.25, 0.3) is 0 Å².